The SMILES string of the molecule is Cc1nn(CCCCl)c(C)c1S(=O)(=O)N(C)CC(F)(F)F. The lowest BCUT2D eigenvalue weighted by Gasteiger charge is -2.19. The Balaban J connectivity index is 3.17. The summed E-state index contributed by atoms with van der Waals surface area (Å²) in [5.74, 6) is 0.383. The maximum atomic E-state index is 12.4. The summed E-state index contributed by atoms with van der Waals surface area (Å²) in [6.07, 6.45) is -4.01. The summed E-state index contributed by atoms with van der Waals surface area (Å²) in [4.78, 5) is -0.177. The fourth-order valence-corrected chi connectivity index (χ4v) is 3.61. The molecule has 122 valence electrons. The molecule has 0 atom stereocenters. The highest BCUT2D eigenvalue weighted by atomic mass is 35.5. The molecular weight excluding hydrogens is 331 g/mol. The minimum Gasteiger partial charge on any atom is -0.268 e. The molecule has 0 aliphatic heterocycles. The predicted molar refractivity (Wildman–Crippen MR) is 72.9 cm³/mol. The van der Waals surface area contributed by atoms with Crippen molar-refractivity contribution in [2.75, 3.05) is 19.5 Å². The summed E-state index contributed by atoms with van der Waals surface area (Å²) in [5, 5.41) is 4.06. The van der Waals surface area contributed by atoms with Crippen LogP contribution in [0.15, 0.2) is 4.90 Å². The molecule has 0 unspecified atom stereocenters. The van der Waals surface area contributed by atoms with Gasteiger partial charge in [0.25, 0.3) is 0 Å². The van der Waals surface area contributed by atoms with Gasteiger partial charge in [0.2, 0.25) is 10.0 Å². The van der Waals surface area contributed by atoms with Crippen LogP contribution in [0.25, 0.3) is 0 Å². The first-order chi connectivity index (χ1) is 9.50. The van der Waals surface area contributed by atoms with Crippen LogP contribution in [-0.4, -0.2) is 48.2 Å². The monoisotopic (exact) mass is 347 g/mol. The molecule has 0 aliphatic rings. The fourth-order valence-electron chi connectivity index (χ4n) is 1.97. The Labute approximate surface area is 126 Å². The van der Waals surface area contributed by atoms with Crippen molar-refractivity contribution in [1.29, 1.82) is 0 Å². The molecule has 1 aromatic rings. The van der Waals surface area contributed by atoms with E-state index in [1.165, 1.54) is 18.5 Å². The van der Waals surface area contributed by atoms with Crippen molar-refractivity contribution in [2.24, 2.45) is 0 Å². The summed E-state index contributed by atoms with van der Waals surface area (Å²) in [5.41, 5.74) is 0.489. The van der Waals surface area contributed by atoms with E-state index in [1.807, 2.05) is 0 Å². The topological polar surface area (TPSA) is 55.2 Å². The second kappa shape index (κ2) is 6.53. The van der Waals surface area contributed by atoms with Gasteiger partial charge in [-0.05, 0) is 20.3 Å². The number of aryl methyl sites for hydroxylation is 2. The van der Waals surface area contributed by atoms with Crippen molar-refractivity contribution in [3.05, 3.63) is 11.4 Å². The number of nitrogens with zero attached hydrogens (tertiary/aromatic N) is 3. The smallest absolute Gasteiger partial charge is 0.268 e. The third-order valence-corrected chi connectivity index (χ3v) is 5.21. The number of sulfonamides is 1. The van der Waals surface area contributed by atoms with Crippen molar-refractivity contribution >= 4 is 21.6 Å². The van der Waals surface area contributed by atoms with Gasteiger partial charge in [0.15, 0.2) is 0 Å². The van der Waals surface area contributed by atoms with E-state index in [0.717, 1.165) is 7.05 Å². The molecule has 0 aliphatic carbocycles. The zero-order chi connectivity index (χ0) is 16.4. The Morgan fingerprint density at radius 2 is 1.90 bits per heavy atom. The maximum absolute atomic E-state index is 12.4. The van der Waals surface area contributed by atoms with Crippen molar-refractivity contribution in [3.8, 4) is 0 Å². The molecule has 0 saturated carbocycles. The highest BCUT2D eigenvalue weighted by Gasteiger charge is 2.37. The third kappa shape index (κ3) is 4.33. The molecule has 1 heterocycles. The Morgan fingerprint density at radius 1 is 1.33 bits per heavy atom. The average molecular weight is 348 g/mol. The van der Waals surface area contributed by atoms with Crippen LogP contribution in [0.2, 0.25) is 0 Å². The van der Waals surface area contributed by atoms with Crippen LogP contribution in [0.1, 0.15) is 17.8 Å². The van der Waals surface area contributed by atoms with Gasteiger partial charge >= 0.3 is 6.18 Å². The first-order valence-electron chi connectivity index (χ1n) is 6.13. The number of rotatable bonds is 6. The van der Waals surface area contributed by atoms with Gasteiger partial charge in [-0.15, -0.1) is 11.6 Å². The predicted octanol–water partition coefficient (Wildman–Crippen LogP) is 2.31. The fraction of sp³-hybridized carbons (Fsp3) is 0.727. The minimum absolute atomic E-state index is 0.177. The van der Waals surface area contributed by atoms with Gasteiger partial charge in [0.1, 0.15) is 11.4 Å². The van der Waals surface area contributed by atoms with Crippen molar-refractivity contribution < 1.29 is 21.6 Å². The summed E-state index contributed by atoms with van der Waals surface area (Å²) < 4.78 is 63.5. The van der Waals surface area contributed by atoms with E-state index in [2.05, 4.69) is 5.10 Å². The van der Waals surface area contributed by atoms with E-state index >= 15 is 0 Å². The molecule has 10 heteroatoms. The Morgan fingerprint density at radius 3 is 2.38 bits per heavy atom. The quantitative estimate of drug-likeness (QED) is 0.742. The van der Waals surface area contributed by atoms with Crippen LogP contribution in [0.3, 0.4) is 0 Å². The highest BCUT2D eigenvalue weighted by molar-refractivity contribution is 7.89. The van der Waals surface area contributed by atoms with Crippen LogP contribution in [0.5, 0.6) is 0 Å². The first kappa shape index (κ1) is 18.2. The minimum atomic E-state index is -4.60. The van der Waals surface area contributed by atoms with Gasteiger partial charge in [-0.25, -0.2) is 8.42 Å². The standard InChI is InChI=1S/C11H17ClF3N3O2S/c1-8-10(9(2)18(16-8)6-4-5-12)21(19,20)17(3)7-11(13,14)15/h4-7H2,1-3H3. The lowest BCUT2D eigenvalue weighted by Crippen LogP contribution is -2.36. The van der Waals surface area contributed by atoms with E-state index in [1.54, 1.807) is 0 Å². The molecule has 1 aromatic heterocycles. The zero-order valence-electron chi connectivity index (χ0n) is 11.9. The molecule has 0 N–H and O–H groups in total. The van der Waals surface area contributed by atoms with Crippen molar-refractivity contribution in [1.82, 2.24) is 14.1 Å². The third-order valence-electron chi connectivity index (χ3n) is 2.89. The van der Waals surface area contributed by atoms with Gasteiger partial charge in [-0.3, -0.25) is 4.68 Å². The Kier molecular flexibility index (Phi) is 5.68. The molecule has 21 heavy (non-hydrogen) atoms. The van der Waals surface area contributed by atoms with Crippen LogP contribution >= 0.6 is 11.6 Å². The summed E-state index contributed by atoms with van der Waals surface area (Å²) in [6, 6.07) is 0. The maximum Gasteiger partial charge on any atom is 0.402 e. The summed E-state index contributed by atoms with van der Waals surface area (Å²) in [6.45, 7) is 1.84. The van der Waals surface area contributed by atoms with Gasteiger partial charge in [-0.1, -0.05) is 0 Å². The molecule has 0 bridgehead atoms. The number of hydrogen-bond donors (Lipinski definition) is 0. The second-order valence-electron chi connectivity index (χ2n) is 4.64. The normalized spacial score (nSPS) is 13.1. The average Bonchev–Trinajstić information content (AvgIpc) is 2.59. The molecule has 0 spiro atoms. The number of hydrogen-bond acceptors (Lipinski definition) is 3. The molecular formula is C11H17ClF3N3O2S. The van der Waals surface area contributed by atoms with Crippen LogP contribution in [-0.2, 0) is 16.6 Å². The number of halogens is 4. The zero-order valence-corrected chi connectivity index (χ0v) is 13.5. The van der Waals surface area contributed by atoms with Crippen LogP contribution in [0, 0.1) is 13.8 Å². The molecule has 0 aromatic carbocycles. The largest absolute Gasteiger partial charge is 0.402 e. The van der Waals surface area contributed by atoms with Gasteiger partial charge < -0.3 is 0 Å². The molecule has 0 amide bonds. The van der Waals surface area contributed by atoms with Crippen molar-refractivity contribution in [3.63, 3.8) is 0 Å². The number of alkyl halides is 4. The summed E-state index contributed by atoms with van der Waals surface area (Å²) in [7, 11) is -3.34. The van der Waals surface area contributed by atoms with Gasteiger partial charge in [0, 0.05) is 19.5 Å². The molecule has 0 saturated heterocycles. The van der Waals surface area contributed by atoms with E-state index < -0.39 is 22.7 Å². The lowest BCUT2D eigenvalue weighted by atomic mass is 10.4. The van der Waals surface area contributed by atoms with Crippen LogP contribution < -0.4 is 0 Å². The lowest BCUT2D eigenvalue weighted by molar-refractivity contribution is -0.134. The Hall–Kier alpha value is -0.800. The first-order valence-corrected chi connectivity index (χ1v) is 8.11. The van der Waals surface area contributed by atoms with E-state index in [0.29, 0.717) is 24.5 Å². The summed E-state index contributed by atoms with van der Waals surface area (Å²) >= 11 is 5.57. The van der Waals surface area contributed by atoms with E-state index in [4.69, 9.17) is 11.6 Å². The number of aromatic nitrogens is 2. The second-order valence-corrected chi connectivity index (χ2v) is 7.00. The highest BCUT2D eigenvalue weighted by Crippen LogP contribution is 2.25. The van der Waals surface area contributed by atoms with Crippen molar-refractivity contribution in [2.45, 2.75) is 37.9 Å². The van der Waals surface area contributed by atoms with Gasteiger partial charge in [0.05, 0.1) is 11.4 Å². The molecule has 5 nitrogen and oxygen atoms in total. The molecule has 0 fully saturated rings. The molecule has 1 rings (SSSR count). The van der Waals surface area contributed by atoms with Gasteiger partial charge in [-0.2, -0.15) is 22.6 Å². The molecule has 0 radical (unpaired) electrons. The van der Waals surface area contributed by atoms with Crippen LogP contribution in [0.4, 0.5) is 13.2 Å². The van der Waals surface area contributed by atoms with E-state index in [-0.39, 0.29) is 14.9 Å². The Bertz CT molecular complexity index is 599. The van der Waals surface area contributed by atoms with E-state index in [9.17, 15) is 21.6 Å².